The van der Waals surface area contributed by atoms with Crippen molar-refractivity contribution in [3.05, 3.63) is 17.7 Å². The zero-order valence-corrected chi connectivity index (χ0v) is 13.1. The van der Waals surface area contributed by atoms with Gasteiger partial charge in [0, 0.05) is 36.9 Å². The van der Waals surface area contributed by atoms with Crippen molar-refractivity contribution in [2.24, 2.45) is 0 Å². The Hall–Kier alpha value is -0.880. The van der Waals surface area contributed by atoms with Crippen LogP contribution in [-0.2, 0) is 10.0 Å². The van der Waals surface area contributed by atoms with Gasteiger partial charge in [-0.05, 0) is 39.5 Å². The van der Waals surface area contributed by atoms with Crippen LogP contribution in [0.2, 0.25) is 0 Å². The van der Waals surface area contributed by atoms with Crippen LogP contribution in [0, 0.1) is 6.92 Å². The van der Waals surface area contributed by atoms with Crippen molar-refractivity contribution in [3.8, 4) is 0 Å². The Kier molecular flexibility index (Phi) is 3.62. The number of imidazole rings is 1. The lowest BCUT2D eigenvalue weighted by Gasteiger charge is -2.33. The number of aromatic nitrogens is 2. The molecule has 0 bridgehead atoms. The van der Waals surface area contributed by atoms with Crippen molar-refractivity contribution in [1.82, 2.24) is 13.9 Å². The first kappa shape index (κ1) is 14.1. The van der Waals surface area contributed by atoms with Crippen LogP contribution in [0.4, 0.5) is 0 Å². The molecule has 0 spiro atoms. The molecule has 112 valence electrons. The average Bonchev–Trinajstić information content (AvgIpc) is 3.22. The molecule has 2 heterocycles. The number of aryl methyl sites for hydroxylation is 1. The van der Waals surface area contributed by atoms with Crippen LogP contribution in [0.25, 0.3) is 0 Å². The van der Waals surface area contributed by atoms with E-state index in [1.165, 1.54) is 18.7 Å². The van der Waals surface area contributed by atoms with E-state index < -0.39 is 10.0 Å². The molecule has 1 aromatic heterocycles. The summed E-state index contributed by atoms with van der Waals surface area (Å²) in [5.74, 6) is 1.96. The summed E-state index contributed by atoms with van der Waals surface area (Å²) in [6.07, 6.45) is 6.36. The summed E-state index contributed by atoms with van der Waals surface area (Å²) < 4.78 is 28.1. The average molecular weight is 297 g/mol. The lowest BCUT2D eigenvalue weighted by Crippen LogP contribution is -2.41. The molecule has 1 aliphatic carbocycles. The number of rotatable bonds is 4. The van der Waals surface area contributed by atoms with E-state index in [4.69, 9.17) is 0 Å². The van der Waals surface area contributed by atoms with Gasteiger partial charge in [-0.1, -0.05) is 0 Å². The lowest BCUT2D eigenvalue weighted by atomic mass is 10.1. The Balaban J connectivity index is 1.85. The van der Waals surface area contributed by atoms with Crippen molar-refractivity contribution in [2.45, 2.75) is 51.5 Å². The van der Waals surface area contributed by atoms with Gasteiger partial charge >= 0.3 is 0 Å². The summed E-state index contributed by atoms with van der Waals surface area (Å²) in [4.78, 5) is 4.56. The molecule has 2 fully saturated rings. The number of nitrogens with zero attached hydrogens (tertiary/aromatic N) is 3. The number of hydrogen-bond acceptors (Lipinski definition) is 3. The topological polar surface area (TPSA) is 55.2 Å². The van der Waals surface area contributed by atoms with Gasteiger partial charge in [0.2, 0.25) is 10.0 Å². The minimum Gasteiger partial charge on any atom is -0.328 e. The smallest absolute Gasteiger partial charge is 0.213 e. The molecule has 1 aliphatic heterocycles. The van der Waals surface area contributed by atoms with Crippen LogP contribution in [0.1, 0.15) is 56.1 Å². The van der Waals surface area contributed by atoms with Gasteiger partial charge in [-0.25, -0.2) is 13.4 Å². The molecule has 1 saturated carbocycles. The summed E-state index contributed by atoms with van der Waals surface area (Å²) in [5, 5.41) is 0. The zero-order valence-electron chi connectivity index (χ0n) is 12.2. The molecule has 2 aliphatic rings. The number of piperidine rings is 1. The van der Waals surface area contributed by atoms with Gasteiger partial charge in [0.15, 0.2) is 0 Å². The van der Waals surface area contributed by atoms with Gasteiger partial charge in [0.05, 0.1) is 5.75 Å². The van der Waals surface area contributed by atoms with E-state index in [1.54, 1.807) is 11.2 Å². The minimum atomic E-state index is -3.08. The first-order valence-electron chi connectivity index (χ1n) is 7.54. The highest BCUT2D eigenvalue weighted by Crippen LogP contribution is 2.41. The monoisotopic (exact) mass is 297 g/mol. The maximum Gasteiger partial charge on any atom is 0.213 e. The zero-order chi connectivity index (χ0) is 14.3. The molecule has 0 aromatic carbocycles. The fraction of sp³-hybridized carbons (Fsp3) is 0.786. The molecular weight excluding hydrogens is 274 g/mol. The Bertz CT molecular complexity index is 590. The fourth-order valence-electron chi connectivity index (χ4n) is 3.15. The third-order valence-corrected chi connectivity index (χ3v) is 6.28. The van der Waals surface area contributed by atoms with E-state index in [1.807, 2.05) is 6.20 Å². The molecule has 1 aromatic rings. The molecular formula is C14H23N3O2S. The largest absolute Gasteiger partial charge is 0.328 e. The molecule has 0 N–H and O–H groups in total. The van der Waals surface area contributed by atoms with Crippen molar-refractivity contribution in [3.63, 3.8) is 0 Å². The highest BCUT2D eigenvalue weighted by molar-refractivity contribution is 7.89. The molecule has 1 saturated heterocycles. The quantitative estimate of drug-likeness (QED) is 0.854. The van der Waals surface area contributed by atoms with E-state index in [2.05, 4.69) is 16.5 Å². The van der Waals surface area contributed by atoms with Crippen LogP contribution < -0.4 is 0 Å². The minimum absolute atomic E-state index is 0.193. The van der Waals surface area contributed by atoms with Crippen molar-refractivity contribution in [2.75, 3.05) is 18.8 Å². The Morgan fingerprint density at radius 2 is 2.10 bits per heavy atom. The molecule has 1 atom stereocenters. The molecule has 0 amide bonds. The fourth-order valence-corrected chi connectivity index (χ4v) is 4.32. The third kappa shape index (κ3) is 2.51. The van der Waals surface area contributed by atoms with Crippen molar-refractivity contribution >= 4 is 10.0 Å². The number of sulfonamides is 1. The molecule has 1 unspecified atom stereocenters. The Labute approximate surface area is 121 Å². The maximum absolute atomic E-state index is 12.1. The summed E-state index contributed by atoms with van der Waals surface area (Å²) in [5.41, 5.74) is 1.16. The standard InChI is InChI=1S/C14H23N3O2S/c1-3-20(18,19)16-8-4-5-13(10-16)17-11(2)9-15-14(17)12-6-7-12/h9,12-13H,3-8,10H2,1-2H3. The SMILES string of the molecule is CCS(=O)(=O)N1CCCC(n2c(C)cnc2C2CC2)C1. The highest BCUT2D eigenvalue weighted by atomic mass is 32.2. The van der Waals surface area contributed by atoms with E-state index in [9.17, 15) is 8.42 Å². The van der Waals surface area contributed by atoms with Gasteiger partial charge in [-0.3, -0.25) is 0 Å². The van der Waals surface area contributed by atoms with Crippen LogP contribution in [0.5, 0.6) is 0 Å². The van der Waals surface area contributed by atoms with Crippen molar-refractivity contribution in [1.29, 1.82) is 0 Å². The maximum atomic E-state index is 12.1. The second kappa shape index (κ2) is 5.15. The molecule has 0 radical (unpaired) electrons. The summed E-state index contributed by atoms with van der Waals surface area (Å²) in [6, 6.07) is 0.253. The van der Waals surface area contributed by atoms with E-state index in [-0.39, 0.29) is 11.8 Å². The highest BCUT2D eigenvalue weighted by Gasteiger charge is 2.34. The van der Waals surface area contributed by atoms with Gasteiger partial charge < -0.3 is 4.57 Å². The first-order chi connectivity index (χ1) is 9.53. The number of hydrogen-bond donors (Lipinski definition) is 0. The van der Waals surface area contributed by atoms with Gasteiger partial charge in [-0.15, -0.1) is 0 Å². The second-order valence-corrected chi connectivity index (χ2v) is 8.21. The predicted molar refractivity (Wildman–Crippen MR) is 78.2 cm³/mol. The van der Waals surface area contributed by atoms with Gasteiger partial charge in [0.25, 0.3) is 0 Å². The van der Waals surface area contributed by atoms with Gasteiger partial charge in [-0.2, -0.15) is 4.31 Å². The third-order valence-electron chi connectivity index (χ3n) is 4.44. The first-order valence-corrected chi connectivity index (χ1v) is 9.15. The van der Waals surface area contributed by atoms with E-state index in [0.29, 0.717) is 19.0 Å². The van der Waals surface area contributed by atoms with Crippen molar-refractivity contribution < 1.29 is 8.42 Å². The Morgan fingerprint density at radius 3 is 2.75 bits per heavy atom. The van der Waals surface area contributed by atoms with Gasteiger partial charge in [0.1, 0.15) is 5.82 Å². The second-order valence-electron chi connectivity index (χ2n) is 5.96. The normalized spacial score (nSPS) is 25.0. The molecule has 20 heavy (non-hydrogen) atoms. The van der Waals surface area contributed by atoms with Crippen LogP contribution in [-0.4, -0.2) is 41.1 Å². The lowest BCUT2D eigenvalue weighted by molar-refractivity contribution is 0.261. The van der Waals surface area contributed by atoms with Crippen LogP contribution in [0.3, 0.4) is 0 Å². The van der Waals surface area contributed by atoms with E-state index >= 15 is 0 Å². The summed E-state index contributed by atoms with van der Waals surface area (Å²) in [7, 11) is -3.08. The predicted octanol–water partition coefficient (Wildman–Crippen LogP) is 2.06. The molecule has 5 nitrogen and oxygen atoms in total. The molecule has 3 rings (SSSR count). The Morgan fingerprint density at radius 1 is 1.35 bits per heavy atom. The summed E-state index contributed by atoms with van der Waals surface area (Å²) in [6.45, 7) is 5.06. The molecule has 6 heteroatoms. The summed E-state index contributed by atoms with van der Waals surface area (Å²) >= 11 is 0. The van der Waals surface area contributed by atoms with Crippen LogP contribution >= 0.6 is 0 Å². The van der Waals surface area contributed by atoms with E-state index in [0.717, 1.165) is 18.5 Å². The van der Waals surface area contributed by atoms with Crippen LogP contribution in [0.15, 0.2) is 6.20 Å².